The second-order valence-corrected chi connectivity index (χ2v) is 10.6. The number of carbonyl (C=O) groups excluding carboxylic acids is 3. The van der Waals surface area contributed by atoms with Crippen LogP contribution in [0.5, 0.6) is 5.75 Å². The lowest BCUT2D eigenvalue weighted by Gasteiger charge is -2.25. The van der Waals surface area contributed by atoms with E-state index in [0.29, 0.717) is 24.0 Å². The molecule has 0 aliphatic rings. The minimum Gasteiger partial charge on any atom is -0.508 e. The fourth-order valence-corrected chi connectivity index (χ4v) is 4.37. The van der Waals surface area contributed by atoms with E-state index in [1.807, 2.05) is 0 Å². The van der Waals surface area contributed by atoms with Crippen molar-refractivity contribution in [1.29, 1.82) is 0 Å². The Bertz CT molecular complexity index is 1350. The van der Waals surface area contributed by atoms with Gasteiger partial charge in [0.05, 0.1) is 6.04 Å². The number of hydrogen-bond donors (Lipinski definition) is 10. The van der Waals surface area contributed by atoms with E-state index >= 15 is 0 Å². The zero-order chi connectivity index (χ0) is 34.1. The molecule has 0 aliphatic carbocycles. The van der Waals surface area contributed by atoms with Crippen LogP contribution in [0.15, 0.2) is 64.6 Å². The molecular weight excluding hydrogens is 596 g/mol. The van der Waals surface area contributed by atoms with Crippen LogP contribution < -0.4 is 44.6 Å². The molecule has 0 spiro atoms. The lowest BCUT2D eigenvalue weighted by atomic mass is 10.0. The van der Waals surface area contributed by atoms with Crippen molar-refractivity contribution in [2.24, 2.45) is 38.7 Å². The lowest BCUT2D eigenvalue weighted by Crippen LogP contribution is -2.57. The fraction of sp³-hybridized carbons (Fsp3) is 0.400. The van der Waals surface area contributed by atoms with Crippen LogP contribution >= 0.6 is 0 Å². The molecule has 16 nitrogen and oxygen atoms in total. The van der Waals surface area contributed by atoms with E-state index in [4.69, 9.17) is 28.7 Å². The molecule has 0 aromatic heterocycles. The number of aliphatic carboxylic acids is 1. The summed E-state index contributed by atoms with van der Waals surface area (Å²) in [5.74, 6) is -3.56. The van der Waals surface area contributed by atoms with Crippen LogP contribution in [0.1, 0.15) is 36.8 Å². The first-order valence-corrected chi connectivity index (χ1v) is 14.7. The molecule has 15 N–H and O–H groups in total. The summed E-state index contributed by atoms with van der Waals surface area (Å²) in [6, 6.07) is 10.1. The predicted molar refractivity (Wildman–Crippen MR) is 173 cm³/mol. The van der Waals surface area contributed by atoms with Gasteiger partial charge in [0.1, 0.15) is 23.9 Å². The highest BCUT2D eigenvalue weighted by atomic mass is 16.4. The number of amides is 3. The van der Waals surface area contributed by atoms with Crippen molar-refractivity contribution in [3.63, 3.8) is 0 Å². The van der Waals surface area contributed by atoms with Gasteiger partial charge in [-0.3, -0.25) is 24.4 Å². The van der Waals surface area contributed by atoms with Crippen molar-refractivity contribution >= 4 is 35.6 Å². The molecule has 2 rings (SSSR count). The molecule has 4 atom stereocenters. The molecule has 0 heterocycles. The van der Waals surface area contributed by atoms with E-state index in [0.717, 1.165) is 0 Å². The minimum atomic E-state index is -1.29. The Balaban J connectivity index is 2.25. The van der Waals surface area contributed by atoms with Gasteiger partial charge in [0, 0.05) is 25.9 Å². The highest BCUT2D eigenvalue weighted by molar-refractivity contribution is 5.94. The number of aromatic hydroxyl groups is 1. The normalized spacial score (nSPS) is 13.2. The number of phenolic OH excluding ortho intramolecular Hbond substituents is 1. The van der Waals surface area contributed by atoms with Gasteiger partial charge < -0.3 is 54.8 Å². The van der Waals surface area contributed by atoms with Crippen molar-refractivity contribution < 1.29 is 29.4 Å². The summed E-state index contributed by atoms with van der Waals surface area (Å²) < 4.78 is 0. The van der Waals surface area contributed by atoms with Gasteiger partial charge in [0.15, 0.2) is 11.9 Å². The maximum absolute atomic E-state index is 13.6. The minimum absolute atomic E-state index is 0.000721. The number of aliphatic imine (C=N–C) groups is 2. The average molecular weight is 641 g/mol. The molecular formula is C30H44N10O6. The van der Waals surface area contributed by atoms with Gasteiger partial charge in [-0.1, -0.05) is 42.5 Å². The van der Waals surface area contributed by atoms with Gasteiger partial charge >= 0.3 is 5.97 Å². The zero-order valence-corrected chi connectivity index (χ0v) is 25.5. The number of nitrogens with one attached hydrogen (secondary N) is 3. The first-order chi connectivity index (χ1) is 21.8. The van der Waals surface area contributed by atoms with Crippen molar-refractivity contribution in [1.82, 2.24) is 16.0 Å². The standard InChI is InChI=1S/C30H44N10O6/c31-21(8-4-14-36-29(32)33)25(42)38-22(9-5-15-37-30(34)35)26(43)39-23(16-19-10-12-20(41)13-11-19)27(44)40-24(28(45)46)17-18-6-2-1-3-7-18/h1-3,6-7,10-13,21-24,41H,4-5,8-9,14-17,31H2,(H,38,42)(H,39,43)(H,40,44)(H,45,46)(H4,32,33,36)(H4,34,35,37). The summed E-state index contributed by atoms with van der Waals surface area (Å²) in [5, 5.41) is 27.3. The number of nitrogens with two attached hydrogens (primary N) is 5. The maximum Gasteiger partial charge on any atom is 0.326 e. The van der Waals surface area contributed by atoms with Crippen molar-refractivity contribution in [2.75, 3.05) is 13.1 Å². The Morgan fingerprint density at radius 2 is 1.13 bits per heavy atom. The Morgan fingerprint density at radius 1 is 0.652 bits per heavy atom. The van der Waals surface area contributed by atoms with Gasteiger partial charge in [-0.15, -0.1) is 0 Å². The highest BCUT2D eigenvalue weighted by Gasteiger charge is 2.30. The number of carboxylic acids is 1. The molecule has 0 saturated heterocycles. The van der Waals surface area contributed by atoms with E-state index in [1.165, 1.54) is 12.1 Å². The second kappa shape index (κ2) is 19.1. The van der Waals surface area contributed by atoms with E-state index in [-0.39, 0.29) is 56.4 Å². The quantitative estimate of drug-likeness (QED) is 0.0462. The van der Waals surface area contributed by atoms with E-state index in [9.17, 15) is 29.4 Å². The number of nitrogens with zero attached hydrogens (tertiary/aromatic N) is 2. The Morgan fingerprint density at radius 3 is 1.70 bits per heavy atom. The Kier molecular flexibility index (Phi) is 15.3. The van der Waals surface area contributed by atoms with Gasteiger partial charge in [0.25, 0.3) is 0 Å². The number of carbonyl (C=O) groups is 4. The summed E-state index contributed by atoms with van der Waals surface area (Å²) in [5.41, 5.74) is 28.7. The molecule has 46 heavy (non-hydrogen) atoms. The van der Waals surface area contributed by atoms with E-state index in [1.54, 1.807) is 42.5 Å². The number of benzene rings is 2. The topological polar surface area (TPSA) is 300 Å². The molecule has 250 valence electrons. The monoisotopic (exact) mass is 640 g/mol. The molecule has 0 radical (unpaired) electrons. The summed E-state index contributed by atoms with van der Waals surface area (Å²) in [7, 11) is 0. The second-order valence-electron chi connectivity index (χ2n) is 10.6. The third-order valence-electron chi connectivity index (χ3n) is 6.79. The molecule has 0 saturated carbocycles. The lowest BCUT2D eigenvalue weighted by molar-refractivity contribution is -0.142. The average Bonchev–Trinajstić information content (AvgIpc) is 3.01. The van der Waals surface area contributed by atoms with Crippen LogP contribution in [-0.4, -0.2) is 83.1 Å². The predicted octanol–water partition coefficient (Wildman–Crippen LogP) is -1.85. The Labute approximate surface area is 266 Å². The maximum atomic E-state index is 13.6. The van der Waals surface area contributed by atoms with Crippen LogP contribution in [0.3, 0.4) is 0 Å². The summed E-state index contributed by atoms with van der Waals surface area (Å²) >= 11 is 0. The third kappa shape index (κ3) is 13.9. The first-order valence-electron chi connectivity index (χ1n) is 14.7. The number of rotatable bonds is 19. The van der Waals surface area contributed by atoms with Gasteiger partial charge in [-0.2, -0.15) is 0 Å². The number of phenols is 1. The summed E-state index contributed by atoms with van der Waals surface area (Å²) in [6.07, 6.45) is 0.990. The largest absolute Gasteiger partial charge is 0.508 e. The SMILES string of the molecule is NC(N)=NCCCC(N)C(=O)NC(CCCN=C(N)N)C(=O)NC(Cc1ccc(O)cc1)C(=O)NC(Cc1ccccc1)C(=O)O. The van der Waals surface area contributed by atoms with Gasteiger partial charge in [-0.05, 0) is 48.9 Å². The smallest absolute Gasteiger partial charge is 0.326 e. The molecule has 0 bridgehead atoms. The molecule has 2 aromatic carbocycles. The van der Waals surface area contributed by atoms with Gasteiger partial charge in [0.2, 0.25) is 17.7 Å². The van der Waals surface area contributed by atoms with Crippen LogP contribution in [-0.2, 0) is 32.0 Å². The highest BCUT2D eigenvalue weighted by Crippen LogP contribution is 2.13. The molecule has 3 amide bonds. The molecule has 0 fully saturated rings. The Hall–Kier alpha value is -5.38. The van der Waals surface area contributed by atoms with E-state index in [2.05, 4.69) is 25.9 Å². The summed E-state index contributed by atoms with van der Waals surface area (Å²) in [4.78, 5) is 59.9. The van der Waals surface area contributed by atoms with Crippen molar-refractivity contribution in [2.45, 2.75) is 62.7 Å². The summed E-state index contributed by atoms with van der Waals surface area (Å²) in [6.45, 7) is 0.436. The molecule has 0 aliphatic heterocycles. The third-order valence-corrected chi connectivity index (χ3v) is 6.79. The van der Waals surface area contributed by atoms with E-state index < -0.39 is 47.9 Å². The fourth-order valence-electron chi connectivity index (χ4n) is 4.37. The van der Waals surface area contributed by atoms with Crippen LogP contribution in [0.4, 0.5) is 0 Å². The number of carboxylic acid groups (broad SMARTS) is 1. The van der Waals surface area contributed by atoms with Crippen LogP contribution in [0.2, 0.25) is 0 Å². The molecule has 16 heteroatoms. The zero-order valence-electron chi connectivity index (χ0n) is 25.5. The molecule has 2 aromatic rings. The van der Waals surface area contributed by atoms with Crippen molar-refractivity contribution in [3.05, 3.63) is 65.7 Å². The van der Waals surface area contributed by atoms with Crippen LogP contribution in [0, 0.1) is 0 Å². The van der Waals surface area contributed by atoms with Crippen LogP contribution in [0.25, 0.3) is 0 Å². The first kappa shape index (κ1) is 36.8. The van der Waals surface area contributed by atoms with Crippen molar-refractivity contribution in [3.8, 4) is 5.75 Å². The van der Waals surface area contributed by atoms with Gasteiger partial charge in [-0.25, -0.2) is 4.79 Å². The molecule has 4 unspecified atom stereocenters. The number of guanidine groups is 2. The number of hydrogen-bond acceptors (Lipinski definition) is 8.